The molecule has 4 heterocycles. The van der Waals surface area contributed by atoms with Gasteiger partial charge in [0, 0.05) is 43.7 Å². The van der Waals surface area contributed by atoms with Crippen LogP contribution in [0.5, 0.6) is 0 Å². The van der Waals surface area contributed by atoms with Crippen LogP contribution >= 0.6 is 0 Å². The Balaban J connectivity index is 1.49. The highest BCUT2D eigenvalue weighted by atomic mass is 15.3. The molecule has 0 spiro atoms. The van der Waals surface area contributed by atoms with E-state index in [0.717, 1.165) is 40.5 Å². The van der Waals surface area contributed by atoms with Gasteiger partial charge in [0.25, 0.3) is 0 Å². The second kappa shape index (κ2) is 5.27. The van der Waals surface area contributed by atoms with Gasteiger partial charge in [-0.1, -0.05) is 0 Å². The van der Waals surface area contributed by atoms with Gasteiger partial charge in [-0.05, 0) is 43.9 Å². The molecule has 1 aliphatic carbocycles. The van der Waals surface area contributed by atoms with Crippen molar-refractivity contribution in [3.63, 3.8) is 0 Å². The average Bonchev–Trinajstić information content (AvgIpc) is 2.90. The van der Waals surface area contributed by atoms with Crippen LogP contribution in [0.15, 0.2) is 30.6 Å². The minimum atomic E-state index is 0.471. The van der Waals surface area contributed by atoms with E-state index in [1.165, 1.54) is 5.56 Å². The average molecular weight is 347 g/mol. The van der Waals surface area contributed by atoms with E-state index < -0.39 is 0 Å². The van der Waals surface area contributed by atoms with Crippen molar-refractivity contribution in [2.24, 2.45) is 14.1 Å². The first-order valence-electron chi connectivity index (χ1n) is 8.86. The normalized spacial score (nSPS) is 19.4. The Kier molecular flexibility index (Phi) is 3.10. The first-order valence-corrected chi connectivity index (χ1v) is 8.86. The summed E-state index contributed by atoms with van der Waals surface area (Å²) in [6, 6.07) is 6.25. The number of fused-ring (bicyclic) bond motifs is 1. The Bertz CT molecular complexity index is 1130. The Morgan fingerprint density at radius 3 is 2.65 bits per heavy atom. The molecular formula is C19H21N7. The summed E-state index contributed by atoms with van der Waals surface area (Å²) in [6.45, 7) is 4.06. The molecule has 4 aromatic heterocycles. The monoisotopic (exact) mass is 347 g/mol. The highest BCUT2D eigenvalue weighted by Crippen LogP contribution is 2.54. The molecule has 0 aliphatic heterocycles. The molecule has 7 nitrogen and oxygen atoms in total. The number of aromatic nitrogens is 7. The van der Waals surface area contributed by atoms with Crippen molar-refractivity contribution in [3.8, 4) is 11.4 Å². The smallest absolute Gasteiger partial charge is 0.156 e. The van der Waals surface area contributed by atoms with Gasteiger partial charge in [-0.25, -0.2) is 9.50 Å². The van der Waals surface area contributed by atoms with Crippen LogP contribution in [0.4, 0.5) is 0 Å². The van der Waals surface area contributed by atoms with Crippen LogP contribution in [0.25, 0.3) is 17.0 Å². The Morgan fingerprint density at radius 1 is 1.04 bits per heavy atom. The lowest BCUT2D eigenvalue weighted by molar-refractivity contribution is 0.743. The lowest BCUT2D eigenvalue weighted by atomic mass is 10.1. The Labute approximate surface area is 151 Å². The standard InChI is InChI=1S/C19H21N7/c1-11-5-12(2)26-19(21-11)8-17(23-26)18-7-16(22-25(18)4)15-6-14(15)13-9-20-24(3)10-13/h5,7-10,14-15H,6H2,1-4H3/t14-,15+/m1/s1. The molecule has 1 aliphatic rings. The third kappa shape index (κ3) is 2.34. The fourth-order valence-corrected chi connectivity index (χ4v) is 3.84. The van der Waals surface area contributed by atoms with Crippen LogP contribution in [-0.2, 0) is 14.1 Å². The van der Waals surface area contributed by atoms with Crippen molar-refractivity contribution in [1.82, 2.24) is 34.2 Å². The van der Waals surface area contributed by atoms with Crippen molar-refractivity contribution >= 4 is 5.65 Å². The zero-order valence-electron chi connectivity index (χ0n) is 15.4. The minimum Gasteiger partial charge on any atom is -0.276 e. The summed E-state index contributed by atoms with van der Waals surface area (Å²) in [5, 5.41) is 13.8. The van der Waals surface area contributed by atoms with E-state index >= 15 is 0 Å². The van der Waals surface area contributed by atoms with Crippen LogP contribution in [0, 0.1) is 13.8 Å². The highest BCUT2D eigenvalue weighted by Gasteiger charge is 2.42. The van der Waals surface area contributed by atoms with Gasteiger partial charge >= 0.3 is 0 Å². The van der Waals surface area contributed by atoms with E-state index in [-0.39, 0.29) is 0 Å². The predicted molar refractivity (Wildman–Crippen MR) is 98.0 cm³/mol. The van der Waals surface area contributed by atoms with Gasteiger partial charge < -0.3 is 0 Å². The molecule has 0 amide bonds. The summed E-state index contributed by atoms with van der Waals surface area (Å²) >= 11 is 0. The SMILES string of the molecule is Cc1cc(C)n2nc(-c3cc([C@H]4C[C@@H]4c4cnn(C)c4)nn3C)cc2n1. The molecule has 132 valence electrons. The lowest BCUT2D eigenvalue weighted by Crippen LogP contribution is -1.98. The maximum Gasteiger partial charge on any atom is 0.156 e. The van der Waals surface area contributed by atoms with Gasteiger partial charge in [0.2, 0.25) is 0 Å². The maximum atomic E-state index is 4.76. The van der Waals surface area contributed by atoms with Crippen LogP contribution in [-0.4, -0.2) is 34.2 Å². The Hall–Kier alpha value is -2.96. The first-order chi connectivity index (χ1) is 12.5. The van der Waals surface area contributed by atoms with E-state index in [4.69, 9.17) is 10.2 Å². The summed E-state index contributed by atoms with van der Waals surface area (Å²) in [4.78, 5) is 4.58. The van der Waals surface area contributed by atoms with Crippen molar-refractivity contribution in [2.75, 3.05) is 0 Å². The summed E-state index contributed by atoms with van der Waals surface area (Å²) in [6.07, 6.45) is 5.20. The third-order valence-corrected chi connectivity index (χ3v) is 5.22. The molecule has 0 aromatic carbocycles. The molecular weight excluding hydrogens is 326 g/mol. The van der Waals surface area contributed by atoms with Crippen molar-refractivity contribution in [1.29, 1.82) is 0 Å². The van der Waals surface area contributed by atoms with E-state index in [2.05, 4.69) is 29.3 Å². The van der Waals surface area contributed by atoms with Crippen molar-refractivity contribution in [3.05, 3.63) is 53.2 Å². The molecule has 1 saturated carbocycles. The predicted octanol–water partition coefficient (Wildman–Crippen LogP) is 2.75. The number of hydrogen-bond donors (Lipinski definition) is 0. The molecule has 0 saturated heterocycles. The van der Waals surface area contributed by atoms with Gasteiger partial charge in [-0.2, -0.15) is 15.3 Å². The van der Waals surface area contributed by atoms with Crippen LogP contribution in [0.3, 0.4) is 0 Å². The van der Waals surface area contributed by atoms with Crippen molar-refractivity contribution in [2.45, 2.75) is 32.1 Å². The maximum absolute atomic E-state index is 4.76. The summed E-state index contributed by atoms with van der Waals surface area (Å²) < 4.78 is 5.69. The van der Waals surface area contributed by atoms with Gasteiger partial charge in [-0.15, -0.1) is 0 Å². The molecule has 26 heavy (non-hydrogen) atoms. The number of rotatable bonds is 3. The summed E-state index contributed by atoms with van der Waals surface area (Å²) in [5.74, 6) is 0.998. The topological polar surface area (TPSA) is 65.8 Å². The van der Waals surface area contributed by atoms with Crippen molar-refractivity contribution < 1.29 is 0 Å². The number of nitrogens with zero attached hydrogens (tertiary/aromatic N) is 7. The zero-order valence-corrected chi connectivity index (χ0v) is 15.4. The second-order valence-electron chi connectivity index (χ2n) is 7.31. The van der Waals surface area contributed by atoms with Crippen LogP contribution in [0.1, 0.15) is 40.9 Å². The van der Waals surface area contributed by atoms with E-state index in [9.17, 15) is 0 Å². The molecule has 4 aromatic rings. The van der Waals surface area contributed by atoms with E-state index in [0.29, 0.717) is 11.8 Å². The molecule has 2 atom stereocenters. The summed E-state index contributed by atoms with van der Waals surface area (Å²) in [5.41, 5.74) is 7.33. The van der Waals surface area contributed by atoms with E-state index in [1.54, 1.807) is 0 Å². The molecule has 1 fully saturated rings. The first kappa shape index (κ1) is 15.3. The quantitative estimate of drug-likeness (QED) is 0.571. The lowest BCUT2D eigenvalue weighted by Gasteiger charge is -1.99. The zero-order chi connectivity index (χ0) is 18.0. The second-order valence-corrected chi connectivity index (χ2v) is 7.31. The number of aryl methyl sites for hydroxylation is 4. The van der Waals surface area contributed by atoms with Gasteiger partial charge in [0.15, 0.2) is 5.65 Å². The largest absolute Gasteiger partial charge is 0.276 e. The van der Waals surface area contributed by atoms with Gasteiger partial charge in [-0.3, -0.25) is 9.36 Å². The molecule has 5 rings (SSSR count). The molecule has 0 N–H and O–H groups in total. The molecule has 0 bridgehead atoms. The van der Waals surface area contributed by atoms with Crippen LogP contribution < -0.4 is 0 Å². The molecule has 7 heteroatoms. The molecule has 0 unspecified atom stereocenters. The van der Waals surface area contributed by atoms with Gasteiger partial charge in [0.1, 0.15) is 5.69 Å². The fourth-order valence-electron chi connectivity index (χ4n) is 3.84. The summed E-state index contributed by atoms with van der Waals surface area (Å²) in [7, 11) is 3.94. The fraction of sp³-hybridized carbons (Fsp3) is 0.368. The van der Waals surface area contributed by atoms with E-state index in [1.807, 2.05) is 53.2 Å². The minimum absolute atomic E-state index is 0.471. The highest BCUT2D eigenvalue weighted by molar-refractivity contribution is 5.62. The van der Waals surface area contributed by atoms with Gasteiger partial charge in [0.05, 0.1) is 17.6 Å². The number of hydrogen-bond acceptors (Lipinski definition) is 4. The third-order valence-electron chi connectivity index (χ3n) is 5.22. The molecule has 0 radical (unpaired) electrons. The Morgan fingerprint density at radius 2 is 1.88 bits per heavy atom. The van der Waals surface area contributed by atoms with Crippen LogP contribution in [0.2, 0.25) is 0 Å².